The summed E-state index contributed by atoms with van der Waals surface area (Å²) in [4.78, 5) is 31.7. The Balaban J connectivity index is 2.29. The van der Waals surface area contributed by atoms with Crippen LogP contribution in [0, 0.1) is 20.2 Å². The normalized spacial score (nSPS) is 16.9. The molecule has 1 aromatic rings. The fourth-order valence-corrected chi connectivity index (χ4v) is 1.83. The molecule has 1 aliphatic rings. The molecule has 8 heteroatoms. The molecule has 0 fully saturated rings. The Morgan fingerprint density at radius 1 is 1.15 bits per heavy atom. The number of hydrogen-bond acceptors (Lipinski definition) is 6. The summed E-state index contributed by atoms with van der Waals surface area (Å²) >= 11 is 0. The van der Waals surface area contributed by atoms with Gasteiger partial charge in [-0.1, -0.05) is 6.08 Å². The number of carbonyl (C=O) groups excluding carboxylic acids is 1. The topological polar surface area (TPSA) is 113 Å². The van der Waals surface area contributed by atoms with Crippen LogP contribution < -0.4 is 0 Å². The van der Waals surface area contributed by atoms with Gasteiger partial charge in [-0.05, 0) is 18.9 Å². The SMILES string of the molecule is O=C(OC1C=CCC1)c1cc([N+](=O)[O-])cc([N+](=O)[O-])c1. The van der Waals surface area contributed by atoms with Gasteiger partial charge < -0.3 is 4.74 Å². The van der Waals surface area contributed by atoms with E-state index in [-0.39, 0.29) is 11.7 Å². The molecule has 0 amide bonds. The van der Waals surface area contributed by atoms with Gasteiger partial charge >= 0.3 is 5.97 Å². The molecule has 0 aliphatic heterocycles. The minimum absolute atomic E-state index is 0.203. The van der Waals surface area contributed by atoms with Gasteiger partial charge in [-0.25, -0.2) is 4.79 Å². The molecule has 0 radical (unpaired) electrons. The van der Waals surface area contributed by atoms with Gasteiger partial charge in [0, 0.05) is 12.1 Å². The first kappa shape index (κ1) is 13.7. The molecule has 0 saturated carbocycles. The number of carbonyl (C=O) groups is 1. The number of ether oxygens (including phenoxy) is 1. The van der Waals surface area contributed by atoms with E-state index in [1.165, 1.54) is 0 Å². The Bertz CT molecular complexity index is 578. The lowest BCUT2D eigenvalue weighted by Gasteiger charge is -2.09. The molecular weight excluding hydrogens is 268 g/mol. The lowest BCUT2D eigenvalue weighted by Crippen LogP contribution is -2.14. The van der Waals surface area contributed by atoms with E-state index in [9.17, 15) is 25.0 Å². The number of nitrogens with zero attached hydrogens (tertiary/aromatic N) is 2. The molecule has 0 spiro atoms. The van der Waals surface area contributed by atoms with Crippen molar-refractivity contribution in [2.75, 3.05) is 0 Å². The van der Waals surface area contributed by atoms with E-state index in [0.29, 0.717) is 6.42 Å². The van der Waals surface area contributed by atoms with Crippen LogP contribution in [0.1, 0.15) is 23.2 Å². The number of nitro benzene ring substituents is 2. The zero-order valence-corrected chi connectivity index (χ0v) is 10.2. The first-order valence-corrected chi connectivity index (χ1v) is 5.79. The van der Waals surface area contributed by atoms with E-state index in [1.54, 1.807) is 6.08 Å². The smallest absolute Gasteiger partial charge is 0.339 e. The molecule has 0 N–H and O–H groups in total. The molecule has 1 unspecified atom stereocenters. The van der Waals surface area contributed by atoms with Gasteiger partial charge in [0.15, 0.2) is 0 Å². The summed E-state index contributed by atoms with van der Waals surface area (Å²) < 4.78 is 5.10. The Hall–Kier alpha value is -2.77. The fraction of sp³-hybridized carbons (Fsp3) is 0.250. The van der Waals surface area contributed by atoms with E-state index in [2.05, 4.69) is 0 Å². The summed E-state index contributed by atoms with van der Waals surface area (Å²) in [5.41, 5.74) is -1.24. The van der Waals surface area contributed by atoms with Gasteiger partial charge in [0.1, 0.15) is 6.10 Å². The van der Waals surface area contributed by atoms with Crippen LogP contribution >= 0.6 is 0 Å². The van der Waals surface area contributed by atoms with E-state index >= 15 is 0 Å². The molecule has 8 nitrogen and oxygen atoms in total. The van der Waals surface area contributed by atoms with Crippen molar-refractivity contribution in [3.05, 3.63) is 56.1 Å². The number of allylic oxidation sites excluding steroid dienone is 1. The Kier molecular flexibility index (Phi) is 3.74. The molecular formula is C12H10N2O6. The predicted octanol–water partition coefficient (Wildman–Crippen LogP) is 2.38. The average Bonchev–Trinajstić information content (AvgIpc) is 2.90. The van der Waals surface area contributed by atoms with Crippen molar-refractivity contribution in [1.29, 1.82) is 0 Å². The maximum Gasteiger partial charge on any atom is 0.339 e. The largest absolute Gasteiger partial charge is 0.455 e. The molecule has 1 aliphatic carbocycles. The Morgan fingerprint density at radius 3 is 2.20 bits per heavy atom. The van der Waals surface area contributed by atoms with E-state index in [4.69, 9.17) is 4.74 Å². The average molecular weight is 278 g/mol. The number of nitro groups is 2. The van der Waals surface area contributed by atoms with Crippen LogP contribution in [0.2, 0.25) is 0 Å². The van der Waals surface area contributed by atoms with Crippen LogP contribution in [-0.2, 0) is 4.74 Å². The van der Waals surface area contributed by atoms with E-state index < -0.39 is 27.2 Å². The highest BCUT2D eigenvalue weighted by molar-refractivity contribution is 5.91. The summed E-state index contributed by atoms with van der Waals surface area (Å²) in [6.45, 7) is 0. The molecule has 1 atom stereocenters. The summed E-state index contributed by atoms with van der Waals surface area (Å²) in [5.74, 6) is -0.812. The van der Waals surface area contributed by atoms with Crippen molar-refractivity contribution in [1.82, 2.24) is 0 Å². The molecule has 20 heavy (non-hydrogen) atoms. The maximum absolute atomic E-state index is 11.8. The minimum atomic E-state index is -0.812. The number of benzene rings is 1. The zero-order chi connectivity index (χ0) is 14.7. The van der Waals surface area contributed by atoms with Gasteiger partial charge in [0.2, 0.25) is 0 Å². The molecule has 104 valence electrons. The third-order valence-electron chi connectivity index (χ3n) is 2.79. The van der Waals surface area contributed by atoms with E-state index in [1.807, 2.05) is 6.08 Å². The molecule has 2 rings (SSSR count). The first-order valence-electron chi connectivity index (χ1n) is 5.79. The summed E-state index contributed by atoms with van der Waals surface area (Å²) in [6, 6.07) is 2.73. The second-order valence-corrected chi connectivity index (χ2v) is 4.20. The van der Waals surface area contributed by atoms with Crippen LogP contribution in [0.15, 0.2) is 30.4 Å². The second-order valence-electron chi connectivity index (χ2n) is 4.20. The number of esters is 1. The summed E-state index contributed by atoms with van der Waals surface area (Å²) in [6.07, 6.45) is 4.61. The van der Waals surface area contributed by atoms with Crippen molar-refractivity contribution in [3.8, 4) is 0 Å². The summed E-state index contributed by atoms with van der Waals surface area (Å²) in [5, 5.41) is 21.4. The standard InChI is InChI=1S/C12H10N2O6/c15-12(20-11-3-1-2-4-11)8-5-9(13(16)17)7-10(6-8)14(18)19/h1,3,5-7,11H,2,4H2. The van der Waals surface area contributed by atoms with Crippen LogP contribution in [0.5, 0.6) is 0 Å². The van der Waals surface area contributed by atoms with Crippen molar-refractivity contribution >= 4 is 17.3 Å². The number of non-ortho nitro benzene ring substituents is 2. The van der Waals surface area contributed by atoms with Crippen molar-refractivity contribution in [2.45, 2.75) is 18.9 Å². The minimum Gasteiger partial charge on any atom is -0.455 e. The molecule has 1 aromatic carbocycles. The Labute approximate surface area is 113 Å². The fourth-order valence-electron chi connectivity index (χ4n) is 1.83. The maximum atomic E-state index is 11.8. The quantitative estimate of drug-likeness (QED) is 0.361. The first-order chi connectivity index (χ1) is 9.47. The monoisotopic (exact) mass is 278 g/mol. The zero-order valence-electron chi connectivity index (χ0n) is 10.2. The van der Waals surface area contributed by atoms with Crippen LogP contribution in [-0.4, -0.2) is 21.9 Å². The van der Waals surface area contributed by atoms with Crippen molar-refractivity contribution < 1.29 is 19.4 Å². The number of rotatable bonds is 4. The highest BCUT2D eigenvalue weighted by Crippen LogP contribution is 2.24. The van der Waals surface area contributed by atoms with Crippen molar-refractivity contribution in [2.24, 2.45) is 0 Å². The van der Waals surface area contributed by atoms with Gasteiger partial charge in [-0.15, -0.1) is 0 Å². The van der Waals surface area contributed by atoms with Gasteiger partial charge in [-0.2, -0.15) is 0 Å². The highest BCUT2D eigenvalue weighted by atomic mass is 16.6. The highest BCUT2D eigenvalue weighted by Gasteiger charge is 2.22. The summed E-state index contributed by atoms with van der Waals surface area (Å²) in [7, 11) is 0. The molecule has 0 saturated heterocycles. The van der Waals surface area contributed by atoms with Crippen LogP contribution in [0.3, 0.4) is 0 Å². The third kappa shape index (κ3) is 2.97. The predicted molar refractivity (Wildman–Crippen MR) is 67.3 cm³/mol. The molecule has 0 heterocycles. The second kappa shape index (κ2) is 5.47. The third-order valence-corrected chi connectivity index (χ3v) is 2.79. The van der Waals surface area contributed by atoms with Gasteiger partial charge in [-0.3, -0.25) is 20.2 Å². The lowest BCUT2D eigenvalue weighted by atomic mass is 10.1. The Morgan fingerprint density at radius 2 is 1.75 bits per heavy atom. The molecule has 0 aromatic heterocycles. The number of hydrogen-bond donors (Lipinski definition) is 0. The van der Waals surface area contributed by atoms with Crippen molar-refractivity contribution in [3.63, 3.8) is 0 Å². The van der Waals surface area contributed by atoms with Gasteiger partial charge in [0.25, 0.3) is 11.4 Å². The van der Waals surface area contributed by atoms with Crippen LogP contribution in [0.25, 0.3) is 0 Å². The van der Waals surface area contributed by atoms with E-state index in [0.717, 1.165) is 24.6 Å². The van der Waals surface area contributed by atoms with Gasteiger partial charge in [0.05, 0.1) is 21.5 Å². The molecule has 0 bridgehead atoms. The lowest BCUT2D eigenvalue weighted by molar-refractivity contribution is -0.394. The van der Waals surface area contributed by atoms with Crippen LogP contribution in [0.4, 0.5) is 11.4 Å².